The molecule has 3 heterocycles. The smallest absolute Gasteiger partial charge is 0.227 e. The zero-order valence-electron chi connectivity index (χ0n) is 16.2. The Bertz CT molecular complexity index is 837. The molecule has 2 fully saturated rings. The number of hydrogen-bond donors (Lipinski definition) is 0. The van der Waals surface area contributed by atoms with E-state index in [0.29, 0.717) is 44.4 Å². The lowest BCUT2D eigenvalue weighted by atomic mass is 9.96. The number of nitrogens with zero attached hydrogens (tertiary/aromatic N) is 5. The minimum atomic E-state index is -0.205. The summed E-state index contributed by atoms with van der Waals surface area (Å²) < 4.78 is 14.0. The maximum atomic E-state index is 14.0. The van der Waals surface area contributed by atoms with Crippen molar-refractivity contribution in [3.63, 3.8) is 0 Å². The number of carbonyl (C=O) groups is 1. The zero-order valence-corrected chi connectivity index (χ0v) is 16.2. The number of piperazine rings is 1. The number of halogens is 1. The second kappa shape index (κ2) is 8.12. The van der Waals surface area contributed by atoms with E-state index in [0.717, 1.165) is 25.1 Å². The van der Waals surface area contributed by atoms with Gasteiger partial charge in [0.25, 0.3) is 0 Å². The second-order valence-electron chi connectivity index (χ2n) is 7.55. The Morgan fingerprint density at radius 2 is 1.86 bits per heavy atom. The number of rotatable bonds is 3. The first-order chi connectivity index (χ1) is 13.6. The SMILES string of the molecule is Cc1ccnc(N2CCCC(C(=O)N3CCN(c4ccccc4F)CC3)C2)n1. The van der Waals surface area contributed by atoms with Crippen LogP contribution in [-0.4, -0.2) is 60.0 Å². The van der Waals surface area contributed by atoms with Gasteiger partial charge in [-0.25, -0.2) is 14.4 Å². The van der Waals surface area contributed by atoms with Crippen molar-refractivity contribution in [3.8, 4) is 0 Å². The summed E-state index contributed by atoms with van der Waals surface area (Å²) in [5.74, 6) is 0.675. The monoisotopic (exact) mass is 383 g/mol. The highest BCUT2D eigenvalue weighted by Gasteiger charge is 2.32. The van der Waals surface area contributed by atoms with Gasteiger partial charge in [-0.15, -0.1) is 0 Å². The van der Waals surface area contributed by atoms with Gasteiger partial charge >= 0.3 is 0 Å². The molecule has 1 aromatic heterocycles. The van der Waals surface area contributed by atoms with Gasteiger partial charge in [0.15, 0.2) is 0 Å². The molecule has 2 aliphatic rings. The van der Waals surface area contributed by atoms with E-state index in [9.17, 15) is 9.18 Å². The average Bonchev–Trinajstić information content (AvgIpc) is 2.74. The van der Waals surface area contributed by atoms with Gasteiger partial charge in [-0.3, -0.25) is 4.79 Å². The minimum Gasteiger partial charge on any atom is -0.366 e. The molecule has 0 aliphatic carbocycles. The van der Waals surface area contributed by atoms with Crippen LogP contribution < -0.4 is 9.80 Å². The molecule has 0 spiro atoms. The number of para-hydroxylation sites is 1. The topological polar surface area (TPSA) is 52.6 Å². The lowest BCUT2D eigenvalue weighted by molar-refractivity contribution is -0.136. The predicted octanol–water partition coefficient (Wildman–Crippen LogP) is 2.49. The molecule has 1 unspecified atom stereocenters. The first-order valence-corrected chi connectivity index (χ1v) is 9.94. The number of piperidine rings is 1. The van der Waals surface area contributed by atoms with E-state index in [2.05, 4.69) is 14.9 Å². The van der Waals surface area contributed by atoms with Crippen LogP contribution in [0.1, 0.15) is 18.5 Å². The van der Waals surface area contributed by atoms with Crippen LogP contribution in [0.25, 0.3) is 0 Å². The number of carbonyl (C=O) groups excluding carboxylic acids is 1. The van der Waals surface area contributed by atoms with Crippen molar-refractivity contribution >= 4 is 17.5 Å². The van der Waals surface area contributed by atoms with E-state index in [-0.39, 0.29) is 17.6 Å². The van der Waals surface area contributed by atoms with Crippen molar-refractivity contribution < 1.29 is 9.18 Å². The van der Waals surface area contributed by atoms with Gasteiger partial charge in [-0.1, -0.05) is 12.1 Å². The van der Waals surface area contributed by atoms with Crippen LogP contribution in [0, 0.1) is 18.7 Å². The van der Waals surface area contributed by atoms with Crippen LogP contribution >= 0.6 is 0 Å². The zero-order chi connectivity index (χ0) is 19.5. The normalized spacial score (nSPS) is 20.4. The quantitative estimate of drug-likeness (QED) is 0.815. The van der Waals surface area contributed by atoms with Crippen molar-refractivity contribution in [2.24, 2.45) is 5.92 Å². The number of anilines is 2. The van der Waals surface area contributed by atoms with Gasteiger partial charge in [0.1, 0.15) is 5.82 Å². The molecule has 2 aliphatic heterocycles. The molecule has 2 aromatic rings. The van der Waals surface area contributed by atoms with Gasteiger partial charge in [-0.05, 0) is 38.0 Å². The molecule has 0 saturated carbocycles. The lowest BCUT2D eigenvalue weighted by Gasteiger charge is -2.39. The fourth-order valence-corrected chi connectivity index (χ4v) is 4.08. The van der Waals surface area contributed by atoms with Gasteiger partial charge in [-0.2, -0.15) is 0 Å². The molecule has 28 heavy (non-hydrogen) atoms. The van der Waals surface area contributed by atoms with E-state index in [4.69, 9.17) is 0 Å². The summed E-state index contributed by atoms with van der Waals surface area (Å²) in [5.41, 5.74) is 1.55. The Kier molecular flexibility index (Phi) is 5.41. The molecular weight excluding hydrogens is 357 g/mol. The van der Waals surface area contributed by atoms with E-state index in [1.54, 1.807) is 18.3 Å². The molecule has 1 amide bonds. The van der Waals surface area contributed by atoms with Crippen LogP contribution in [0.5, 0.6) is 0 Å². The van der Waals surface area contributed by atoms with E-state index < -0.39 is 0 Å². The summed E-state index contributed by atoms with van der Waals surface area (Å²) >= 11 is 0. The van der Waals surface area contributed by atoms with Crippen molar-refractivity contribution in [2.75, 3.05) is 49.1 Å². The maximum absolute atomic E-state index is 14.0. The van der Waals surface area contributed by atoms with Crippen molar-refractivity contribution in [2.45, 2.75) is 19.8 Å². The Balaban J connectivity index is 1.36. The highest BCUT2D eigenvalue weighted by atomic mass is 19.1. The highest BCUT2D eigenvalue weighted by Crippen LogP contribution is 2.24. The van der Waals surface area contributed by atoms with Crippen molar-refractivity contribution in [1.29, 1.82) is 0 Å². The standard InChI is InChI=1S/C21H26FN5O/c1-16-8-9-23-21(24-16)27-10-4-5-17(15-27)20(28)26-13-11-25(12-14-26)19-7-3-2-6-18(19)22/h2-3,6-9,17H,4-5,10-15H2,1H3. The Morgan fingerprint density at radius 1 is 1.07 bits per heavy atom. The molecule has 0 N–H and O–H groups in total. The highest BCUT2D eigenvalue weighted by molar-refractivity contribution is 5.80. The van der Waals surface area contributed by atoms with Gasteiger partial charge < -0.3 is 14.7 Å². The molecule has 0 bridgehead atoms. The molecular formula is C21H26FN5O. The average molecular weight is 383 g/mol. The summed E-state index contributed by atoms with van der Waals surface area (Å²) in [6.07, 6.45) is 3.63. The predicted molar refractivity (Wildman–Crippen MR) is 107 cm³/mol. The van der Waals surface area contributed by atoms with E-state index in [1.165, 1.54) is 6.07 Å². The molecule has 2 saturated heterocycles. The van der Waals surface area contributed by atoms with Crippen LogP contribution in [0.3, 0.4) is 0 Å². The molecule has 6 nitrogen and oxygen atoms in total. The third kappa shape index (κ3) is 3.93. The number of benzene rings is 1. The largest absolute Gasteiger partial charge is 0.366 e. The Hall–Kier alpha value is -2.70. The molecule has 4 rings (SSSR count). The number of amides is 1. The Morgan fingerprint density at radius 3 is 2.61 bits per heavy atom. The second-order valence-corrected chi connectivity index (χ2v) is 7.55. The summed E-state index contributed by atoms with van der Waals surface area (Å²) in [4.78, 5) is 28.0. The summed E-state index contributed by atoms with van der Waals surface area (Å²) in [7, 11) is 0. The summed E-state index contributed by atoms with van der Waals surface area (Å²) in [6.45, 7) is 6.07. The lowest BCUT2D eigenvalue weighted by Crippen LogP contribution is -2.53. The number of hydrogen-bond acceptors (Lipinski definition) is 5. The fraction of sp³-hybridized carbons (Fsp3) is 0.476. The third-order valence-corrected chi connectivity index (χ3v) is 5.62. The molecule has 0 radical (unpaired) electrons. The molecule has 1 aromatic carbocycles. The number of aryl methyl sites for hydroxylation is 1. The van der Waals surface area contributed by atoms with E-state index in [1.807, 2.05) is 28.9 Å². The van der Waals surface area contributed by atoms with Crippen molar-refractivity contribution in [3.05, 3.63) is 48.0 Å². The first-order valence-electron chi connectivity index (χ1n) is 9.94. The summed E-state index contributed by atoms with van der Waals surface area (Å²) in [5, 5.41) is 0. The van der Waals surface area contributed by atoms with E-state index >= 15 is 0 Å². The maximum Gasteiger partial charge on any atom is 0.227 e. The van der Waals surface area contributed by atoms with Gasteiger partial charge in [0.05, 0.1) is 11.6 Å². The summed E-state index contributed by atoms with van der Waals surface area (Å²) in [6, 6.07) is 8.71. The number of aromatic nitrogens is 2. The van der Waals surface area contributed by atoms with Gasteiger partial charge in [0.2, 0.25) is 11.9 Å². The molecule has 148 valence electrons. The first kappa shape index (κ1) is 18.7. The Labute approximate surface area is 165 Å². The van der Waals surface area contributed by atoms with Crippen LogP contribution in [0.15, 0.2) is 36.5 Å². The van der Waals surface area contributed by atoms with Crippen molar-refractivity contribution in [1.82, 2.24) is 14.9 Å². The minimum absolute atomic E-state index is 0.0297. The van der Waals surface area contributed by atoms with Crippen LogP contribution in [0.4, 0.5) is 16.0 Å². The molecule has 7 heteroatoms. The van der Waals surface area contributed by atoms with Crippen LogP contribution in [0.2, 0.25) is 0 Å². The third-order valence-electron chi connectivity index (χ3n) is 5.62. The van der Waals surface area contributed by atoms with Crippen LogP contribution in [-0.2, 0) is 4.79 Å². The molecule has 1 atom stereocenters. The fourth-order valence-electron chi connectivity index (χ4n) is 4.08. The van der Waals surface area contributed by atoms with Gasteiger partial charge in [0, 0.05) is 51.2 Å².